The molecule has 0 N–H and O–H groups in total. The van der Waals surface area contributed by atoms with Crippen molar-refractivity contribution in [3.05, 3.63) is 215 Å². The topological polar surface area (TPSA) is 58.0 Å². The van der Waals surface area contributed by atoms with Gasteiger partial charge in [-0.1, -0.05) is 97.1 Å². The lowest BCUT2D eigenvalue weighted by molar-refractivity contribution is 1.28. The van der Waals surface area contributed by atoms with Crippen molar-refractivity contribution >= 4 is 110 Å². The van der Waals surface area contributed by atoms with Crippen molar-refractivity contribution in [2.24, 2.45) is 0 Å². The zero-order valence-electron chi connectivity index (χ0n) is 33.1. The van der Waals surface area contributed by atoms with Gasteiger partial charge in [-0.05, 0) is 151 Å². The van der Waals surface area contributed by atoms with Gasteiger partial charge < -0.3 is 9.80 Å². The third kappa shape index (κ3) is 6.93. The lowest BCUT2D eigenvalue weighted by Gasteiger charge is -2.26. The predicted octanol–water partition coefficient (Wildman–Crippen LogP) is 15.7. The normalized spacial score (nSPS) is 11.4. The van der Waals surface area contributed by atoms with Crippen molar-refractivity contribution in [3.8, 4) is 22.3 Å². The number of benzene rings is 8. The molecule has 0 fully saturated rings. The van der Waals surface area contributed by atoms with Crippen LogP contribution >= 0.6 is 31.9 Å². The highest BCUT2D eigenvalue weighted by atomic mass is 79.9. The first-order valence-electron chi connectivity index (χ1n) is 20.2. The SMILES string of the molecule is Brc1cnc2c(c1)c1nc3cc(-c4ccc(N(c5ccccc5)c5ccccc5)cc4)c(-c4ccc(N(c5ccccc5)c5ccccc5)cc4)cc3nc1c1cc(Br)cnc12. The molecule has 0 aliphatic rings. The predicted molar refractivity (Wildman–Crippen MR) is 263 cm³/mol. The van der Waals surface area contributed by atoms with Crippen molar-refractivity contribution in [1.29, 1.82) is 0 Å². The Kier molecular flexibility index (Phi) is 9.72. The van der Waals surface area contributed by atoms with Gasteiger partial charge in [0.2, 0.25) is 0 Å². The van der Waals surface area contributed by atoms with E-state index in [1.54, 1.807) is 12.4 Å². The Morgan fingerprint density at radius 3 is 0.952 bits per heavy atom. The maximum atomic E-state index is 5.40. The Balaban J connectivity index is 1.11. The Morgan fingerprint density at radius 2 is 0.629 bits per heavy atom. The first kappa shape index (κ1) is 37.7. The summed E-state index contributed by atoms with van der Waals surface area (Å²) < 4.78 is 1.73. The fourth-order valence-corrected chi connectivity index (χ4v) is 9.02. The molecule has 8 heteroatoms. The minimum Gasteiger partial charge on any atom is -0.311 e. The molecule has 294 valence electrons. The van der Waals surface area contributed by atoms with E-state index in [0.717, 1.165) is 109 Å². The van der Waals surface area contributed by atoms with Crippen LogP contribution in [0.15, 0.2) is 215 Å². The molecule has 11 aromatic rings. The van der Waals surface area contributed by atoms with Crippen LogP contribution in [-0.4, -0.2) is 19.9 Å². The van der Waals surface area contributed by atoms with Crippen molar-refractivity contribution in [3.63, 3.8) is 0 Å². The summed E-state index contributed by atoms with van der Waals surface area (Å²) >= 11 is 7.32. The molecule has 0 atom stereocenters. The maximum absolute atomic E-state index is 5.40. The lowest BCUT2D eigenvalue weighted by atomic mass is 9.93. The Hall–Kier alpha value is -7.26. The maximum Gasteiger partial charge on any atom is 0.0996 e. The molecule has 0 radical (unpaired) electrons. The van der Waals surface area contributed by atoms with Gasteiger partial charge >= 0.3 is 0 Å². The second kappa shape index (κ2) is 16.0. The molecule has 8 aromatic carbocycles. The first-order valence-corrected chi connectivity index (χ1v) is 21.8. The zero-order valence-corrected chi connectivity index (χ0v) is 36.2. The number of para-hydroxylation sites is 4. The van der Waals surface area contributed by atoms with Gasteiger partial charge in [0, 0.05) is 66.2 Å². The van der Waals surface area contributed by atoms with E-state index in [9.17, 15) is 0 Å². The van der Waals surface area contributed by atoms with Crippen LogP contribution in [0.5, 0.6) is 0 Å². The molecule has 3 heterocycles. The van der Waals surface area contributed by atoms with Gasteiger partial charge in [-0.3, -0.25) is 9.97 Å². The van der Waals surface area contributed by atoms with Crippen LogP contribution in [0.3, 0.4) is 0 Å². The summed E-state index contributed by atoms with van der Waals surface area (Å²) in [6, 6.07) is 68.0. The van der Waals surface area contributed by atoms with Crippen LogP contribution in [0.2, 0.25) is 0 Å². The highest BCUT2D eigenvalue weighted by Gasteiger charge is 2.20. The van der Waals surface area contributed by atoms with E-state index in [1.165, 1.54) is 0 Å². The molecule has 11 rings (SSSR count). The number of anilines is 6. The van der Waals surface area contributed by atoms with Crippen LogP contribution in [0, 0.1) is 0 Å². The van der Waals surface area contributed by atoms with E-state index in [2.05, 4.69) is 212 Å². The number of halogens is 2. The van der Waals surface area contributed by atoms with Crippen molar-refractivity contribution in [2.45, 2.75) is 0 Å². The number of fused-ring (bicyclic) bond motifs is 7. The molecule has 0 aliphatic carbocycles. The van der Waals surface area contributed by atoms with Gasteiger partial charge in [0.15, 0.2) is 0 Å². The van der Waals surface area contributed by atoms with E-state index < -0.39 is 0 Å². The number of pyridine rings is 2. The zero-order chi connectivity index (χ0) is 41.6. The minimum atomic E-state index is 0.774. The van der Waals surface area contributed by atoms with Gasteiger partial charge in [-0.15, -0.1) is 0 Å². The molecular weight excluding hydrogens is 892 g/mol. The Bertz CT molecular complexity index is 3100. The molecule has 0 amide bonds. The van der Waals surface area contributed by atoms with Gasteiger partial charge in [-0.25, -0.2) is 9.97 Å². The average Bonchev–Trinajstić information content (AvgIpc) is 3.33. The van der Waals surface area contributed by atoms with Gasteiger partial charge in [0.1, 0.15) is 0 Å². The fourth-order valence-electron chi connectivity index (χ4n) is 8.36. The molecule has 0 unspecified atom stereocenters. The second-order valence-electron chi connectivity index (χ2n) is 15.0. The number of nitrogens with zero attached hydrogens (tertiary/aromatic N) is 6. The third-order valence-corrected chi connectivity index (χ3v) is 12.0. The van der Waals surface area contributed by atoms with E-state index in [4.69, 9.17) is 19.9 Å². The highest BCUT2D eigenvalue weighted by Crippen LogP contribution is 2.42. The van der Waals surface area contributed by atoms with E-state index >= 15 is 0 Å². The molecular formula is C54H34Br2N6. The Labute approximate surface area is 375 Å². The molecule has 0 saturated heterocycles. The second-order valence-corrected chi connectivity index (χ2v) is 16.8. The van der Waals surface area contributed by atoms with Crippen LogP contribution in [0.25, 0.3) is 66.1 Å². The van der Waals surface area contributed by atoms with Gasteiger partial charge in [-0.2, -0.15) is 0 Å². The van der Waals surface area contributed by atoms with E-state index in [1.807, 2.05) is 24.3 Å². The summed E-state index contributed by atoms with van der Waals surface area (Å²) in [4.78, 5) is 25.0. The number of hydrogen-bond donors (Lipinski definition) is 0. The average molecular weight is 927 g/mol. The number of hydrogen-bond acceptors (Lipinski definition) is 6. The Morgan fingerprint density at radius 1 is 0.323 bits per heavy atom. The summed E-state index contributed by atoms with van der Waals surface area (Å²) in [6.45, 7) is 0. The number of rotatable bonds is 8. The summed E-state index contributed by atoms with van der Waals surface area (Å²) in [7, 11) is 0. The summed E-state index contributed by atoms with van der Waals surface area (Å²) in [5, 5.41) is 1.78. The molecule has 0 bridgehead atoms. The minimum absolute atomic E-state index is 0.774. The van der Waals surface area contributed by atoms with Crippen molar-refractivity contribution in [1.82, 2.24) is 19.9 Å². The van der Waals surface area contributed by atoms with Crippen molar-refractivity contribution in [2.75, 3.05) is 9.80 Å². The van der Waals surface area contributed by atoms with Crippen LogP contribution < -0.4 is 9.80 Å². The largest absolute Gasteiger partial charge is 0.311 e. The van der Waals surface area contributed by atoms with Crippen molar-refractivity contribution < 1.29 is 0 Å². The third-order valence-electron chi connectivity index (χ3n) is 11.2. The van der Waals surface area contributed by atoms with Crippen LogP contribution in [0.4, 0.5) is 34.1 Å². The number of aromatic nitrogens is 4. The smallest absolute Gasteiger partial charge is 0.0996 e. The van der Waals surface area contributed by atoms with Gasteiger partial charge in [0.25, 0.3) is 0 Å². The first-order chi connectivity index (χ1) is 30.6. The highest BCUT2D eigenvalue weighted by molar-refractivity contribution is 9.10. The monoisotopic (exact) mass is 924 g/mol. The quantitative estimate of drug-likeness (QED) is 0.112. The fraction of sp³-hybridized carbons (Fsp3) is 0. The summed E-state index contributed by atoms with van der Waals surface area (Å²) in [5.41, 5.74) is 15.4. The lowest BCUT2D eigenvalue weighted by Crippen LogP contribution is -2.09. The van der Waals surface area contributed by atoms with Crippen LogP contribution in [0.1, 0.15) is 0 Å². The van der Waals surface area contributed by atoms with Gasteiger partial charge in [0.05, 0.1) is 33.1 Å². The summed E-state index contributed by atoms with van der Waals surface area (Å²) in [6.07, 6.45) is 3.61. The molecule has 6 nitrogen and oxygen atoms in total. The standard InChI is InChI=1S/C54H34Br2N6/c55-37-29-47-51(57-33-37)52-48(30-38(56)34-58-52)54-53(47)59-49-31-45(35-21-25-43(26-22-35)61(39-13-5-1-6-14-39)40-15-7-2-8-16-40)46(32-50(49)60-54)36-23-27-44(28-24-36)62(41-17-9-3-10-18-41)42-19-11-4-12-20-42/h1-34H. The van der Waals surface area contributed by atoms with E-state index in [0.29, 0.717) is 0 Å². The molecule has 0 spiro atoms. The molecule has 62 heavy (non-hydrogen) atoms. The van der Waals surface area contributed by atoms with E-state index in [-0.39, 0.29) is 0 Å². The molecule has 0 saturated carbocycles. The molecule has 0 aliphatic heterocycles. The molecule has 3 aromatic heterocycles. The van der Waals surface area contributed by atoms with Crippen LogP contribution in [-0.2, 0) is 0 Å². The summed E-state index contributed by atoms with van der Waals surface area (Å²) in [5.74, 6) is 0.